The van der Waals surface area contributed by atoms with Crippen molar-refractivity contribution in [3.63, 3.8) is 0 Å². The Morgan fingerprint density at radius 3 is 3.06 bits per heavy atom. The van der Waals surface area contributed by atoms with Crippen LogP contribution in [0.15, 0.2) is 24.3 Å². The van der Waals surface area contributed by atoms with Crippen molar-refractivity contribution in [3.05, 3.63) is 35.4 Å². The van der Waals surface area contributed by atoms with E-state index in [1.54, 1.807) is 0 Å². The summed E-state index contributed by atoms with van der Waals surface area (Å²) in [5, 5.41) is 3.53. The van der Waals surface area contributed by atoms with Crippen molar-refractivity contribution in [1.82, 2.24) is 10.2 Å². The van der Waals surface area contributed by atoms with Gasteiger partial charge in [-0.25, -0.2) is 0 Å². The topological polar surface area (TPSA) is 32.3 Å². The summed E-state index contributed by atoms with van der Waals surface area (Å²) in [5.74, 6) is 0.849. The standard InChI is InChI=1S/C15H20N2O/c1-11-4-2-5-12(8-11)15(18)17-9-13-6-3-7-16-14(13)10-17/h2,4-5,8,13-14,16H,3,6-7,9-10H2,1H3. The number of hydrogen-bond donors (Lipinski definition) is 1. The van der Waals surface area contributed by atoms with Crippen LogP contribution in [-0.4, -0.2) is 36.5 Å². The molecule has 2 saturated heterocycles. The summed E-state index contributed by atoms with van der Waals surface area (Å²) in [4.78, 5) is 14.5. The number of carbonyl (C=O) groups excluding carboxylic acids is 1. The van der Waals surface area contributed by atoms with Gasteiger partial charge < -0.3 is 10.2 Å². The third-order valence-electron chi connectivity index (χ3n) is 4.15. The maximum atomic E-state index is 12.4. The number of nitrogens with one attached hydrogen (secondary N) is 1. The number of rotatable bonds is 1. The summed E-state index contributed by atoms with van der Waals surface area (Å²) in [7, 11) is 0. The highest BCUT2D eigenvalue weighted by Gasteiger charge is 2.36. The molecule has 1 amide bonds. The number of carbonyl (C=O) groups is 1. The second-order valence-corrected chi connectivity index (χ2v) is 5.54. The van der Waals surface area contributed by atoms with Crippen molar-refractivity contribution in [2.75, 3.05) is 19.6 Å². The fourth-order valence-electron chi connectivity index (χ4n) is 3.17. The van der Waals surface area contributed by atoms with Crippen LogP contribution in [0.2, 0.25) is 0 Å². The molecule has 1 aromatic carbocycles. The Morgan fingerprint density at radius 1 is 1.39 bits per heavy atom. The number of hydrogen-bond acceptors (Lipinski definition) is 2. The minimum absolute atomic E-state index is 0.190. The third kappa shape index (κ3) is 2.15. The molecular formula is C15H20N2O. The van der Waals surface area contributed by atoms with Gasteiger partial charge in [0, 0.05) is 24.7 Å². The van der Waals surface area contributed by atoms with Gasteiger partial charge in [0.2, 0.25) is 0 Å². The lowest BCUT2D eigenvalue weighted by Gasteiger charge is -2.24. The minimum Gasteiger partial charge on any atom is -0.337 e. The fourth-order valence-corrected chi connectivity index (χ4v) is 3.17. The lowest BCUT2D eigenvalue weighted by Crippen LogP contribution is -2.41. The molecule has 1 N–H and O–H groups in total. The summed E-state index contributed by atoms with van der Waals surface area (Å²) in [6.07, 6.45) is 2.50. The molecule has 2 fully saturated rings. The first-order valence-corrected chi connectivity index (χ1v) is 6.83. The van der Waals surface area contributed by atoms with Crippen LogP contribution in [0.3, 0.4) is 0 Å². The van der Waals surface area contributed by atoms with E-state index >= 15 is 0 Å². The Balaban J connectivity index is 1.74. The second-order valence-electron chi connectivity index (χ2n) is 5.54. The molecule has 2 aliphatic rings. The van der Waals surface area contributed by atoms with Crippen molar-refractivity contribution in [2.24, 2.45) is 5.92 Å². The molecular weight excluding hydrogens is 224 g/mol. The highest BCUT2D eigenvalue weighted by Crippen LogP contribution is 2.26. The Hall–Kier alpha value is -1.35. The zero-order valence-electron chi connectivity index (χ0n) is 10.9. The van der Waals surface area contributed by atoms with Gasteiger partial charge in [0.25, 0.3) is 5.91 Å². The molecule has 2 atom stereocenters. The van der Waals surface area contributed by atoms with Gasteiger partial charge in [-0.15, -0.1) is 0 Å². The summed E-state index contributed by atoms with van der Waals surface area (Å²) >= 11 is 0. The predicted octanol–water partition coefficient (Wildman–Crippen LogP) is 1.82. The summed E-state index contributed by atoms with van der Waals surface area (Å²) < 4.78 is 0. The molecule has 3 heteroatoms. The molecule has 0 radical (unpaired) electrons. The highest BCUT2D eigenvalue weighted by molar-refractivity contribution is 5.94. The van der Waals surface area contributed by atoms with Gasteiger partial charge in [-0.1, -0.05) is 17.7 Å². The quantitative estimate of drug-likeness (QED) is 0.817. The maximum absolute atomic E-state index is 12.4. The smallest absolute Gasteiger partial charge is 0.253 e. The first-order chi connectivity index (χ1) is 8.74. The van der Waals surface area contributed by atoms with Crippen LogP contribution in [0.5, 0.6) is 0 Å². The van der Waals surface area contributed by atoms with Crippen LogP contribution in [-0.2, 0) is 0 Å². The normalized spacial score (nSPS) is 27.1. The van der Waals surface area contributed by atoms with E-state index in [1.165, 1.54) is 12.8 Å². The van der Waals surface area contributed by atoms with Crippen molar-refractivity contribution < 1.29 is 4.79 Å². The van der Waals surface area contributed by atoms with Crippen LogP contribution in [0, 0.1) is 12.8 Å². The Bertz CT molecular complexity index is 444. The SMILES string of the molecule is Cc1cccc(C(=O)N2CC3CCCNC3C2)c1. The van der Waals surface area contributed by atoms with E-state index in [1.807, 2.05) is 36.1 Å². The lowest BCUT2D eigenvalue weighted by atomic mass is 9.94. The van der Waals surface area contributed by atoms with Crippen molar-refractivity contribution in [1.29, 1.82) is 0 Å². The maximum Gasteiger partial charge on any atom is 0.253 e. The highest BCUT2D eigenvalue weighted by atomic mass is 16.2. The largest absolute Gasteiger partial charge is 0.337 e. The van der Waals surface area contributed by atoms with Crippen molar-refractivity contribution in [2.45, 2.75) is 25.8 Å². The number of benzene rings is 1. The molecule has 0 bridgehead atoms. The molecule has 3 nitrogen and oxygen atoms in total. The average molecular weight is 244 g/mol. The summed E-state index contributed by atoms with van der Waals surface area (Å²) in [6.45, 7) is 4.93. The molecule has 96 valence electrons. The van der Waals surface area contributed by atoms with E-state index < -0.39 is 0 Å². The molecule has 0 aliphatic carbocycles. The van der Waals surface area contributed by atoms with Crippen LogP contribution in [0.1, 0.15) is 28.8 Å². The Kier molecular flexibility index (Phi) is 3.08. The van der Waals surface area contributed by atoms with Gasteiger partial charge in [-0.3, -0.25) is 4.79 Å². The molecule has 1 aromatic rings. The van der Waals surface area contributed by atoms with Crippen molar-refractivity contribution in [3.8, 4) is 0 Å². The number of aryl methyl sites for hydroxylation is 1. The summed E-state index contributed by atoms with van der Waals surface area (Å²) in [5.41, 5.74) is 1.98. The first kappa shape index (κ1) is 11.7. The Labute approximate surface area is 108 Å². The second kappa shape index (κ2) is 4.73. The zero-order chi connectivity index (χ0) is 12.5. The monoisotopic (exact) mass is 244 g/mol. The predicted molar refractivity (Wildman–Crippen MR) is 71.6 cm³/mol. The van der Waals surface area contributed by atoms with E-state index in [0.717, 1.165) is 30.8 Å². The number of fused-ring (bicyclic) bond motifs is 1. The minimum atomic E-state index is 0.190. The van der Waals surface area contributed by atoms with E-state index in [9.17, 15) is 4.79 Å². The number of piperidine rings is 1. The molecule has 0 saturated carbocycles. The Morgan fingerprint density at radius 2 is 2.28 bits per heavy atom. The third-order valence-corrected chi connectivity index (χ3v) is 4.15. The zero-order valence-corrected chi connectivity index (χ0v) is 10.9. The van der Waals surface area contributed by atoms with Gasteiger partial charge in [0.1, 0.15) is 0 Å². The fraction of sp³-hybridized carbons (Fsp3) is 0.533. The van der Waals surface area contributed by atoms with Gasteiger partial charge in [-0.05, 0) is 44.4 Å². The molecule has 18 heavy (non-hydrogen) atoms. The van der Waals surface area contributed by atoms with Crippen LogP contribution in [0.4, 0.5) is 0 Å². The van der Waals surface area contributed by atoms with Crippen molar-refractivity contribution >= 4 is 5.91 Å². The number of nitrogens with zero attached hydrogens (tertiary/aromatic N) is 1. The van der Waals surface area contributed by atoms with Gasteiger partial charge in [0.05, 0.1) is 0 Å². The molecule has 2 heterocycles. The van der Waals surface area contributed by atoms with Crippen LogP contribution in [0.25, 0.3) is 0 Å². The summed E-state index contributed by atoms with van der Waals surface area (Å²) in [6, 6.07) is 8.42. The van der Waals surface area contributed by atoms with Gasteiger partial charge in [0.15, 0.2) is 0 Å². The van der Waals surface area contributed by atoms with E-state index in [2.05, 4.69) is 5.32 Å². The van der Waals surface area contributed by atoms with E-state index in [0.29, 0.717) is 12.0 Å². The number of likely N-dealkylation sites (tertiary alicyclic amines) is 1. The first-order valence-electron chi connectivity index (χ1n) is 6.83. The van der Waals surface area contributed by atoms with Gasteiger partial charge >= 0.3 is 0 Å². The average Bonchev–Trinajstić information content (AvgIpc) is 2.81. The lowest BCUT2D eigenvalue weighted by molar-refractivity contribution is 0.0785. The van der Waals surface area contributed by atoms with E-state index in [4.69, 9.17) is 0 Å². The van der Waals surface area contributed by atoms with Gasteiger partial charge in [-0.2, -0.15) is 0 Å². The number of amides is 1. The van der Waals surface area contributed by atoms with Crippen LogP contribution >= 0.6 is 0 Å². The molecule has 3 rings (SSSR count). The molecule has 0 spiro atoms. The molecule has 2 unspecified atom stereocenters. The van der Waals surface area contributed by atoms with E-state index in [-0.39, 0.29) is 5.91 Å². The molecule has 2 aliphatic heterocycles. The molecule has 0 aromatic heterocycles. The van der Waals surface area contributed by atoms with Crippen LogP contribution < -0.4 is 5.32 Å².